The van der Waals surface area contributed by atoms with Crippen molar-refractivity contribution < 1.29 is 0 Å². The number of nitrogens with one attached hydrogen (secondary N) is 2. The molecule has 0 aliphatic rings. The highest BCUT2D eigenvalue weighted by Crippen LogP contribution is 2.09. The maximum Gasteiger partial charge on any atom is 0.206 e. The molecule has 4 heteroatoms. The molecule has 0 saturated carbocycles. The van der Waals surface area contributed by atoms with Crippen molar-refractivity contribution in [2.24, 2.45) is 16.8 Å². The van der Waals surface area contributed by atoms with Gasteiger partial charge in [0.2, 0.25) is 5.96 Å². The van der Waals surface area contributed by atoms with Crippen LogP contribution in [0.25, 0.3) is 0 Å². The fourth-order valence-electron chi connectivity index (χ4n) is 1.27. The summed E-state index contributed by atoms with van der Waals surface area (Å²) in [6, 6.07) is 0.668. The van der Waals surface area contributed by atoms with Gasteiger partial charge in [-0.2, -0.15) is 0 Å². The second-order valence-electron chi connectivity index (χ2n) is 4.14. The van der Waals surface area contributed by atoms with Gasteiger partial charge in [0, 0.05) is 6.04 Å². The maximum atomic E-state index is 5.38. The Morgan fingerprint density at radius 3 is 2.14 bits per heavy atom. The van der Waals surface area contributed by atoms with E-state index in [4.69, 9.17) is 5.84 Å². The molecule has 1 unspecified atom stereocenters. The number of hydrogen-bond acceptors (Lipinski definition) is 2. The fraction of sp³-hybridized carbons (Fsp3) is 0.900. The summed E-state index contributed by atoms with van der Waals surface area (Å²) in [7, 11) is 0. The third kappa shape index (κ3) is 5.07. The van der Waals surface area contributed by atoms with Gasteiger partial charge in [-0.1, -0.05) is 20.8 Å². The third-order valence-corrected chi connectivity index (χ3v) is 2.04. The molecule has 0 aromatic rings. The van der Waals surface area contributed by atoms with Crippen LogP contribution in [0, 0.1) is 5.92 Å². The summed E-state index contributed by atoms with van der Waals surface area (Å²) < 4.78 is 0. The van der Waals surface area contributed by atoms with Crippen molar-refractivity contribution in [3.8, 4) is 0 Å². The molecule has 0 aromatic carbocycles. The van der Waals surface area contributed by atoms with E-state index < -0.39 is 0 Å². The summed E-state index contributed by atoms with van der Waals surface area (Å²) in [5.74, 6) is 6.60. The lowest BCUT2D eigenvalue weighted by Gasteiger charge is -2.18. The lowest BCUT2D eigenvalue weighted by atomic mass is 10.0. The first kappa shape index (κ1) is 13.2. The highest BCUT2D eigenvalue weighted by Gasteiger charge is 2.10. The molecule has 0 aliphatic carbocycles. The molecule has 0 rings (SSSR count). The largest absolute Gasteiger partial charge is 0.353 e. The van der Waals surface area contributed by atoms with Crippen LogP contribution in [0.3, 0.4) is 0 Å². The number of rotatable bonds is 4. The molecular formula is C10H24N4. The van der Waals surface area contributed by atoms with Crippen molar-refractivity contribution >= 4 is 5.96 Å². The van der Waals surface area contributed by atoms with Crippen molar-refractivity contribution in [3.05, 3.63) is 0 Å². The van der Waals surface area contributed by atoms with Gasteiger partial charge in [-0.15, -0.1) is 0 Å². The SMILES string of the molecule is CCC(N=C(NN)NC(C)C)C(C)C. The van der Waals surface area contributed by atoms with Crippen LogP contribution in [0.15, 0.2) is 4.99 Å². The molecule has 0 fully saturated rings. The summed E-state index contributed by atoms with van der Waals surface area (Å²) in [6.45, 7) is 10.6. The van der Waals surface area contributed by atoms with Gasteiger partial charge in [-0.25, -0.2) is 10.8 Å². The van der Waals surface area contributed by atoms with E-state index in [9.17, 15) is 0 Å². The van der Waals surface area contributed by atoms with Gasteiger partial charge in [0.25, 0.3) is 0 Å². The quantitative estimate of drug-likeness (QED) is 0.277. The number of aliphatic imine (C=N–C) groups is 1. The highest BCUT2D eigenvalue weighted by atomic mass is 15.3. The van der Waals surface area contributed by atoms with Gasteiger partial charge in [0.1, 0.15) is 0 Å². The van der Waals surface area contributed by atoms with Crippen LogP contribution in [-0.2, 0) is 0 Å². The molecule has 0 radical (unpaired) electrons. The van der Waals surface area contributed by atoms with Crippen LogP contribution in [0.1, 0.15) is 41.0 Å². The fourth-order valence-corrected chi connectivity index (χ4v) is 1.27. The van der Waals surface area contributed by atoms with Crippen molar-refractivity contribution in [2.75, 3.05) is 0 Å². The molecule has 0 spiro atoms. The monoisotopic (exact) mass is 200 g/mol. The second-order valence-corrected chi connectivity index (χ2v) is 4.14. The molecule has 0 heterocycles. The van der Waals surface area contributed by atoms with E-state index in [0.29, 0.717) is 24.0 Å². The Morgan fingerprint density at radius 2 is 1.86 bits per heavy atom. The summed E-state index contributed by atoms with van der Waals surface area (Å²) in [5.41, 5.74) is 2.59. The lowest BCUT2D eigenvalue weighted by molar-refractivity contribution is 0.478. The van der Waals surface area contributed by atoms with Gasteiger partial charge in [-0.3, -0.25) is 5.43 Å². The molecule has 4 nitrogen and oxygen atoms in total. The molecule has 1 atom stereocenters. The van der Waals surface area contributed by atoms with E-state index in [1.54, 1.807) is 0 Å². The minimum Gasteiger partial charge on any atom is -0.353 e. The lowest BCUT2D eigenvalue weighted by Crippen LogP contribution is -2.45. The number of hydrazine groups is 1. The summed E-state index contributed by atoms with van der Waals surface area (Å²) in [4.78, 5) is 4.52. The summed E-state index contributed by atoms with van der Waals surface area (Å²) >= 11 is 0. The first-order valence-corrected chi connectivity index (χ1v) is 5.32. The van der Waals surface area contributed by atoms with Crippen LogP contribution in [0.2, 0.25) is 0 Å². The van der Waals surface area contributed by atoms with Crippen LogP contribution in [0.4, 0.5) is 0 Å². The Morgan fingerprint density at radius 1 is 1.29 bits per heavy atom. The zero-order valence-corrected chi connectivity index (χ0v) is 9.96. The number of nitrogens with zero attached hydrogens (tertiary/aromatic N) is 1. The Bertz CT molecular complexity index is 175. The van der Waals surface area contributed by atoms with E-state index in [1.807, 2.05) is 0 Å². The standard InChI is InChI=1S/C10H24N4/c1-6-9(7(2)3)13-10(14-11)12-8(4)5/h7-9H,6,11H2,1-5H3,(H2,12,13,14). The molecule has 84 valence electrons. The first-order chi connectivity index (χ1) is 6.51. The molecule has 0 aromatic heterocycles. The average molecular weight is 200 g/mol. The average Bonchev–Trinajstić information content (AvgIpc) is 2.10. The smallest absolute Gasteiger partial charge is 0.206 e. The predicted molar refractivity (Wildman–Crippen MR) is 61.9 cm³/mol. The Hall–Kier alpha value is -0.770. The van der Waals surface area contributed by atoms with Gasteiger partial charge >= 0.3 is 0 Å². The molecule has 0 bridgehead atoms. The van der Waals surface area contributed by atoms with Crippen molar-refractivity contribution in [2.45, 2.75) is 53.1 Å². The number of nitrogens with two attached hydrogens (primary N) is 1. The highest BCUT2D eigenvalue weighted by molar-refractivity contribution is 5.79. The van der Waals surface area contributed by atoms with E-state index in [1.165, 1.54) is 0 Å². The van der Waals surface area contributed by atoms with Gasteiger partial charge < -0.3 is 5.32 Å². The summed E-state index contributed by atoms with van der Waals surface area (Å²) in [6.07, 6.45) is 1.03. The van der Waals surface area contributed by atoms with E-state index in [-0.39, 0.29) is 0 Å². The normalized spacial score (nSPS) is 14.7. The Labute approximate surface area is 87.3 Å². The van der Waals surface area contributed by atoms with Crippen LogP contribution < -0.4 is 16.6 Å². The molecular weight excluding hydrogens is 176 g/mol. The Kier molecular flexibility index (Phi) is 6.28. The van der Waals surface area contributed by atoms with Crippen molar-refractivity contribution in [1.29, 1.82) is 0 Å². The zero-order valence-electron chi connectivity index (χ0n) is 9.96. The zero-order chi connectivity index (χ0) is 11.1. The van der Waals surface area contributed by atoms with Gasteiger partial charge in [0.15, 0.2) is 0 Å². The summed E-state index contributed by atoms with van der Waals surface area (Å²) in [5, 5.41) is 3.16. The van der Waals surface area contributed by atoms with Crippen LogP contribution in [0.5, 0.6) is 0 Å². The molecule has 4 N–H and O–H groups in total. The predicted octanol–water partition coefficient (Wildman–Crippen LogP) is 1.24. The maximum absolute atomic E-state index is 5.38. The van der Waals surface area contributed by atoms with E-state index >= 15 is 0 Å². The van der Waals surface area contributed by atoms with E-state index in [2.05, 4.69) is 50.4 Å². The minimum atomic E-state index is 0.326. The van der Waals surface area contributed by atoms with Gasteiger partial charge in [0.05, 0.1) is 6.04 Å². The van der Waals surface area contributed by atoms with Crippen LogP contribution >= 0.6 is 0 Å². The molecule has 14 heavy (non-hydrogen) atoms. The third-order valence-electron chi connectivity index (χ3n) is 2.04. The molecule has 0 saturated heterocycles. The van der Waals surface area contributed by atoms with Crippen LogP contribution in [-0.4, -0.2) is 18.0 Å². The topological polar surface area (TPSA) is 62.4 Å². The minimum absolute atomic E-state index is 0.326. The number of hydrogen-bond donors (Lipinski definition) is 3. The molecule has 0 aliphatic heterocycles. The Balaban J connectivity index is 4.38. The van der Waals surface area contributed by atoms with E-state index in [0.717, 1.165) is 6.42 Å². The second kappa shape index (κ2) is 6.65. The van der Waals surface area contributed by atoms with Crippen molar-refractivity contribution in [3.63, 3.8) is 0 Å². The van der Waals surface area contributed by atoms with Crippen molar-refractivity contribution in [1.82, 2.24) is 10.7 Å². The first-order valence-electron chi connectivity index (χ1n) is 5.32. The van der Waals surface area contributed by atoms with Gasteiger partial charge in [-0.05, 0) is 26.2 Å². The number of guanidine groups is 1. The molecule has 0 amide bonds.